The summed E-state index contributed by atoms with van der Waals surface area (Å²) < 4.78 is 37.3. The van der Waals surface area contributed by atoms with Gasteiger partial charge < -0.3 is 9.47 Å². The van der Waals surface area contributed by atoms with Crippen LogP contribution in [0.1, 0.15) is 25.7 Å². The maximum atomic E-state index is 11.6. The zero-order valence-corrected chi connectivity index (χ0v) is 9.57. The van der Waals surface area contributed by atoms with Crippen LogP contribution in [-0.2, 0) is 23.8 Å². The van der Waals surface area contributed by atoms with E-state index in [0.29, 0.717) is 0 Å². The van der Waals surface area contributed by atoms with E-state index in [4.69, 9.17) is 4.18 Å². The first-order valence-corrected chi connectivity index (χ1v) is 6.87. The summed E-state index contributed by atoms with van der Waals surface area (Å²) in [4.78, 5) is 10.6. The summed E-state index contributed by atoms with van der Waals surface area (Å²) in [6.07, 6.45) is 1.80. The number of ether oxygens (including phenoxy) is 2. The molecule has 0 aromatic rings. The zero-order valence-electron chi connectivity index (χ0n) is 8.76. The average Bonchev–Trinajstić information content (AvgIpc) is 2.76. The number of rotatable bonds is 4. The summed E-state index contributed by atoms with van der Waals surface area (Å²) >= 11 is 0. The minimum atomic E-state index is -3.63. The van der Waals surface area contributed by atoms with Crippen molar-refractivity contribution in [1.29, 1.82) is 0 Å². The maximum absolute atomic E-state index is 11.6. The van der Waals surface area contributed by atoms with Crippen LogP contribution in [-0.4, -0.2) is 39.1 Å². The van der Waals surface area contributed by atoms with E-state index >= 15 is 0 Å². The van der Waals surface area contributed by atoms with Crippen molar-refractivity contribution in [3.8, 4) is 0 Å². The normalized spacial score (nSPS) is 26.8. The van der Waals surface area contributed by atoms with Gasteiger partial charge in [-0.3, -0.25) is 4.18 Å². The predicted octanol–water partition coefficient (Wildman–Crippen LogP) is 0.811. The molecule has 1 heterocycles. The second-order valence-corrected chi connectivity index (χ2v) is 5.67. The number of hydrogen-bond acceptors (Lipinski definition) is 6. The highest BCUT2D eigenvalue weighted by Gasteiger charge is 2.32. The molecule has 1 aliphatic carbocycles. The minimum Gasteiger partial charge on any atom is -0.430 e. The Balaban J connectivity index is 1.84. The molecule has 0 radical (unpaired) electrons. The molecular weight excluding hydrogens is 236 g/mol. The molecule has 2 rings (SSSR count). The van der Waals surface area contributed by atoms with Crippen LogP contribution in [0.4, 0.5) is 4.79 Å². The van der Waals surface area contributed by atoms with E-state index in [0.717, 1.165) is 25.7 Å². The molecule has 1 unspecified atom stereocenters. The van der Waals surface area contributed by atoms with Gasteiger partial charge in [0.25, 0.3) is 10.1 Å². The smallest absolute Gasteiger partial charge is 0.430 e. The molecule has 1 saturated heterocycles. The monoisotopic (exact) mass is 250 g/mol. The first-order chi connectivity index (χ1) is 7.55. The molecule has 2 aliphatic rings. The minimum absolute atomic E-state index is 0.0217. The summed E-state index contributed by atoms with van der Waals surface area (Å²) in [7, 11) is -3.63. The predicted molar refractivity (Wildman–Crippen MR) is 53.3 cm³/mol. The lowest BCUT2D eigenvalue weighted by molar-refractivity contribution is 0.121. The van der Waals surface area contributed by atoms with Gasteiger partial charge in [-0.2, -0.15) is 8.42 Å². The van der Waals surface area contributed by atoms with Crippen molar-refractivity contribution in [3.63, 3.8) is 0 Å². The van der Waals surface area contributed by atoms with Crippen LogP contribution < -0.4 is 0 Å². The standard InChI is InChI=1S/C9H14O6S/c10-9-13-5-8(14-9)6-16(11,12)15-7-3-1-2-4-7/h7-8H,1-6H2. The Bertz CT molecular complexity index is 356. The highest BCUT2D eigenvalue weighted by Crippen LogP contribution is 2.23. The second kappa shape index (κ2) is 4.58. The van der Waals surface area contributed by atoms with Crippen molar-refractivity contribution < 1.29 is 26.9 Å². The van der Waals surface area contributed by atoms with Crippen LogP contribution in [0, 0.1) is 0 Å². The maximum Gasteiger partial charge on any atom is 0.508 e. The number of carbonyl (C=O) groups excluding carboxylic acids is 1. The quantitative estimate of drug-likeness (QED) is 0.542. The summed E-state index contributed by atoms with van der Waals surface area (Å²) in [5.74, 6) is -0.324. The fourth-order valence-electron chi connectivity index (χ4n) is 1.91. The van der Waals surface area contributed by atoms with E-state index in [9.17, 15) is 13.2 Å². The molecule has 0 N–H and O–H groups in total. The fraction of sp³-hybridized carbons (Fsp3) is 0.889. The van der Waals surface area contributed by atoms with Gasteiger partial charge in [0, 0.05) is 0 Å². The SMILES string of the molecule is O=C1OCC(CS(=O)(=O)OC2CCCC2)O1. The molecular formula is C9H14O6S. The summed E-state index contributed by atoms with van der Waals surface area (Å²) in [5.41, 5.74) is 0. The van der Waals surface area contributed by atoms with E-state index in [1.54, 1.807) is 0 Å². The van der Waals surface area contributed by atoms with Crippen molar-refractivity contribution in [2.45, 2.75) is 37.9 Å². The summed E-state index contributed by atoms with van der Waals surface area (Å²) in [5, 5.41) is 0. The molecule has 1 saturated carbocycles. The van der Waals surface area contributed by atoms with Gasteiger partial charge in [-0.1, -0.05) is 12.8 Å². The van der Waals surface area contributed by atoms with Gasteiger partial charge in [-0.15, -0.1) is 0 Å². The Labute approximate surface area is 94.0 Å². The fourth-order valence-corrected chi connectivity index (χ4v) is 3.21. The van der Waals surface area contributed by atoms with Crippen LogP contribution in [0.25, 0.3) is 0 Å². The van der Waals surface area contributed by atoms with Crippen molar-refractivity contribution >= 4 is 16.3 Å². The largest absolute Gasteiger partial charge is 0.508 e. The van der Waals surface area contributed by atoms with Crippen molar-refractivity contribution in [3.05, 3.63) is 0 Å². The first kappa shape index (κ1) is 11.7. The lowest BCUT2D eigenvalue weighted by Gasteiger charge is -2.12. The molecule has 0 spiro atoms. The van der Waals surface area contributed by atoms with Gasteiger partial charge in [0.1, 0.15) is 12.4 Å². The number of hydrogen-bond donors (Lipinski definition) is 0. The molecule has 6 nitrogen and oxygen atoms in total. The Hall–Kier alpha value is -0.820. The highest BCUT2D eigenvalue weighted by atomic mass is 32.2. The van der Waals surface area contributed by atoms with Gasteiger partial charge in [-0.05, 0) is 12.8 Å². The number of carbonyl (C=O) groups is 1. The zero-order chi connectivity index (χ0) is 11.6. The summed E-state index contributed by atoms with van der Waals surface area (Å²) in [6.45, 7) is -0.0217. The van der Waals surface area contributed by atoms with E-state index < -0.39 is 22.4 Å². The van der Waals surface area contributed by atoms with Crippen molar-refractivity contribution in [2.75, 3.05) is 12.4 Å². The van der Waals surface area contributed by atoms with Crippen LogP contribution in [0.5, 0.6) is 0 Å². The van der Waals surface area contributed by atoms with Gasteiger partial charge in [0.05, 0.1) is 6.10 Å². The Kier molecular flexibility index (Phi) is 3.34. The van der Waals surface area contributed by atoms with E-state index in [1.165, 1.54) is 0 Å². The third-order valence-electron chi connectivity index (χ3n) is 2.62. The third kappa shape index (κ3) is 3.08. The van der Waals surface area contributed by atoms with E-state index in [1.807, 2.05) is 0 Å². The lowest BCUT2D eigenvalue weighted by Crippen LogP contribution is -2.27. The molecule has 0 aromatic carbocycles. The second-order valence-electron chi connectivity index (χ2n) is 4.03. The van der Waals surface area contributed by atoms with Crippen LogP contribution in [0.3, 0.4) is 0 Å². The molecule has 7 heteroatoms. The van der Waals surface area contributed by atoms with Crippen LogP contribution in [0.15, 0.2) is 0 Å². The Morgan fingerprint density at radius 1 is 1.31 bits per heavy atom. The highest BCUT2D eigenvalue weighted by molar-refractivity contribution is 7.86. The number of cyclic esters (lactones) is 2. The van der Waals surface area contributed by atoms with Crippen molar-refractivity contribution in [2.24, 2.45) is 0 Å². The van der Waals surface area contributed by atoms with Gasteiger partial charge in [0.15, 0.2) is 6.10 Å². The van der Waals surface area contributed by atoms with E-state index in [-0.39, 0.29) is 18.5 Å². The molecule has 92 valence electrons. The van der Waals surface area contributed by atoms with Crippen LogP contribution >= 0.6 is 0 Å². The Morgan fingerprint density at radius 2 is 2.00 bits per heavy atom. The average molecular weight is 250 g/mol. The third-order valence-corrected chi connectivity index (χ3v) is 3.97. The van der Waals surface area contributed by atoms with Gasteiger partial charge >= 0.3 is 6.16 Å². The first-order valence-electron chi connectivity index (χ1n) is 5.29. The molecule has 0 aromatic heterocycles. The topological polar surface area (TPSA) is 78.9 Å². The molecule has 2 fully saturated rings. The van der Waals surface area contributed by atoms with Crippen molar-refractivity contribution in [1.82, 2.24) is 0 Å². The lowest BCUT2D eigenvalue weighted by atomic mass is 10.3. The molecule has 1 atom stereocenters. The molecule has 0 amide bonds. The van der Waals surface area contributed by atoms with E-state index in [2.05, 4.69) is 9.47 Å². The molecule has 1 aliphatic heterocycles. The molecule has 0 bridgehead atoms. The van der Waals surface area contributed by atoms with Gasteiger partial charge in [0.2, 0.25) is 0 Å². The summed E-state index contributed by atoms with van der Waals surface area (Å²) in [6, 6.07) is 0. The Morgan fingerprint density at radius 3 is 2.56 bits per heavy atom. The van der Waals surface area contributed by atoms with Crippen LogP contribution in [0.2, 0.25) is 0 Å². The molecule has 16 heavy (non-hydrogen) atoms. The van der Waals surface area contributed by atoms with Gasteiger partial charge in [-0.25, -0.2) is 4.79 Å².